The monoisotopic (exact) mass is 319 g/mol. The summed E-state index contributed by atoms with van der Waals surface area (Å²) in [5.41, 5.74) is 0.526. The van der Waals surface area contributed by atoms with E-state index in [1.165, 1.54) is 24.8 Å². The molecule has 0 radical (unpaired) electrons. The molecular weight excluding hydrogens is 298 g/mol. The van der Waals surface area contributed by atoms with Crippen molar-refractivity contribution in [1.82, 2.24) is 5.32 Å². The van der Waals surface area contributed by atoms with Gasteiger partial charge in [-0.05, 0) is 18.8 Å². The van der Waals surface area contributed by atoms with Crippen molar-refractivity contribution >= 4 is 17.8 Å². The van der Waals surface area contributed by atoms with Crippen LogP contribution in [0.4, 0.5) is 5.69 Å². The molecule has 0 spiro atoms. The predicted octanol–water partition coefficient (Wildman–Crippen LogP) is 2.64. The molecule has 23 heavy (non-hydrogen) atoms. The van der Waals surface area contributed by atoms with Crippen LogP contribution in [0, 0.1) is 16.0 Å². The number of non-ortho nitro benzene ring substituents is 1. The highest BCUT2D eigenvalue weighted by atomic mass is 16.6. The molecule has 7 nitrogen and oxygen atoms in total. The van der Waals surface area contributed by atoms with Crippen molar-refractivity contribution < 1.29 is 14.6 Å². The summed E-state index contributed by atoms with van der Waals surface area (Å²) < 4.78 is 0. The molecule has 0 aliphatic heterocycles. The summed E-state index contributed by atoms with van der Waals surface area (Å²) in [6.45, 7) is 1.99. The fraction of sp³-hybridized carbons (Fsp3) is 0.500. The first-order valence-corrected chi connectivity index (χ1v) is 7.75. The van der Waals surface area contributed by atoms with E-state index in [1.54, 1.807) is 12.1 Å². The lowest BCUT2D eigenvalue weighted by Crippen LogP contribution is -2.42. The SMILES string of the molecule is C[C@@H]1CCCC[C@@H]1NC(=O)CO/N=C\c1cccc([N+](=O)[O-])c1. The number of nitrogens with zero attached hydrogens (tertiary/aromatic N) is 2. The molecule has 1 aliphatic carbocycles. The zero-order chi connectivity index (χ0) is 16.7. The van der Waals surface area contributed by atoms with Crippen LogP contribution in [-0.4, -0.2) is 29.7 Å². The van der Waals surface area contributed by atoms with Gasteiger partial charge in [-0.1, -0.05) is 37.1 Å². The minimum absolute atomic E-state index is 0.0158. The van der Waals surface area contributed by atoms with Crippen LogP contribution in [-0.2, 0) is 9.63 Å². The largest absolute Gasteiger partial charge is 0.386 e. The average molecular weight is 319 g/mol. The van der Waals surface area contributed by atoms with Gasteiger partial charge in [0.25, 0.3) is 11.6 Å². The lowest BCUT2D eigenvalue weighted by Gasteiger charge is -2.29. The molecule has 0 bridgehead atoms. The minimum Gasteiger partial charge on any atom is -0.386 e. The maximum absolute atomic E-state index is 11.8. The van der Waals surface area contributed by atoms with Crippen molar-refractivity contribution in [3.05, 3.63) is 39.9 Å². The Morgan fingerprint density at radius 2 is 2.26 bits per heavy atom. The summed E-state index contributed by atoms with van der Waals surface area (Å²) in [5.74, 6) is 0.293. The molecule has 1 fully saturated rings. The number of rotatable bonds is 6. The average Bonchev–Trinajstić information content (AvgIpc) is 2.54. The van der Waals surface area contributed by atoms with E-state index in [9.17, 15) is 14.9 Å². The Kier molecular flexibility index (Phi) is 6.08. The van der Waals surface area contributed by atoms with Gasteiger partial charge in [0, 0.05) is 23.7 Å². The van der Waals surface area contributed by atoms with Crippen LogP contribution in [0.3, 0.4) is 0 Å². The molecule has 2 rings (SSSR count). The van der Waals surface area contributed by atoms with E-state index in [-0.39, 0.29) is 24.2 Å². The number of nitro benzene ring substituents is 1. The van der Waals surface area contributed by atoms with E-state index in [0.29, 0.717) is 11.5 Å². The maximum Gasteiger partial charge on any atom is 0.270 e. The Balaban J connectivity index is 1.76. The molecule has 0 saturated heterocycles. The molecule has 1 aliphatic rings. The van der Waals surface area contributed by atoms with Gasteiger partial charge in [-0.25, -0.2) is 0 Å². The smallest absolute Gasteiger partial charge is 0.270 e. The number of hydrogen-bond acceptors (Lipinski definition) is 5. The van der Waals surface area contributed by atoms with Crippen molar-refractivity contribution in [2.24, 2.45) is 11.1 Å². The quantitative estimate of drug-likeness (QED) is 0.495. The van der Waals surface area contributed by atoms with Crippen molar-refractivity contribution in [3.8, 4) is 0 Å². The predicted molar refractivity (Wildman–Crippen MR) is 86.2 cm³/mol. The number of nitrogens with one attached hydrogen (secondary N) is 1. The highest BCUT2D eigenvalue weighted by molar-refractivity contribution is 5.80. The topological polar surface area (TPSA) is 93.8 Å². The maximum atomic E-state index is 11.8. The lowest BCUT2D eigenvalue weighted by atomic mass is 9.86. The number of carbonyl (C=O) groups is 1. The van der Waals surface area contributed by atoms with Gasteiger partial charge in [0.15, 0.2) is 6.61 Å². The van der Waals surface area contributed by atoms with Crippen LogP contribution in [0.1, 0.15) is 38.2 Å². The van der Waals surface area contributed by atoms with E-state index in [1.807, 2.05) is 0 Å². The van der Waals surface area contributed by atoms with Gasteiger partial charge in [-0.2, -0.15) is 0 Å². The Bertz CT molecular complexity index is 588. The van der Waals surface area contributed by atoms with E-state index >= 15 is 0 Å². The van der Waals surface area contributed by atoms with Crippen LogP contribution in [0.25, 0.3) is 0 Å². The third-order valence-corrected chi connectivity index (χ3v) is 4.01. The van der Waals surface area contributed by atoms with E-state index in [4.69, 9.17) is 4.84 Å². The molecule has 0 aromatic heterocycles. The van der Waals surface area contributed by atoms with Gasteiger partial charge in [0.2, 0.25) is 0 Å². The molecule has 0 heterocycles. The van der Waals surface area contributed by atoms with Crippen molar-refractivity contribution in [2.45, 2.75) is 38.6 Å². The summed E-state index contributed by atoms with van der Waals surface area (Å²) in [6.07, 6.45) is 5.85. The van der Waals surface area contributed by atoms with Gasteiger partial charge in [-0.15, -0.1) is 0 Å². The van der Waals surface area contributed by atoms with Crippen molar-refractivity contribution in [1.29, 1.82) is 0 Å². The number of amides is 1. The van der Waals surface area contributed by atoms with Gasteiger partial charge in [0.1, 0.15) is 0 Å². The summed E-state index contributed by atoms with van der Waals surface area (Å²) >= 11 is 0. The summed E-state index contributed by atoms with van der Waals surface area (Å²) in [5, 5.41) is 17.3. The van der Waals surface area contributed by atoms with Gasteiger partial charge < -0.3 is 10.2 Å². The minimum atomic E-state index is -0.475. The van der Waals surface area contributed by atoms with E-state index in [0.717, 1.165) is 19.3 Å². The van der Waals surface area contributed by atoms with E-state index < -0.39 is 4.92 Å². The molecular formula is C16H21N3O4. The molecule has 7 heteroatoms. The number of hydrogen-bond donors (Lipinski definition) is 1. The zero-order valence-corrected chi connectivity index (χ0v) is 13.1. The number of oxime groups is 1. The van der Waals surface area contributed by atoms with Crippen LogP contribution in [0.5, 0.6) is 0 Å². The molecule has 1 aromatic rings. The second-order valence-corrected chi connectivity index (χ2v) is 5.80. The molecule has 2 atom stereocenters. The zero-order valence-electron chi connectivity index (χ0n) is 13.1. The third-order valence-electron chi connectivity index (χ3n) is 4.01. The van der Waals surface area contributed by atoms with Crippen LogP contribution in [0.2, 0.25) is 0 Å². The molecule has 124 valence electrons. The molecule has 1 saturated carbocycles. The summed E-state index contributed by atoms with van der Waals surface area (Å²) in [7, 11) is 0. The highest BCUT2D eigenvalue weighted by Gasteiger charge is 2.22. The van der Waals surface area contributed by atoms with Gasteiger partial charge in [0.05, 0.1) is 11.1 Å². The Morgan fingerprint density at radius 1 is 1.48 bits per heavy atom. The second-order valence-electron chi connectivity index (χ2n) is 5.80. The fourth-order valence-corrected chi connectivity index (χ4v) is 2.69. The second kappa shape index (κ2) is 8.26. The van der Waals surface area contributed by atoms with Crippen LogP contribution < -0.4 is 5.32 Å². The normalized spacial score (nSPS) is 21.1. The highest BCUT2D eigenvalue weighted by Crippen LogP contribution is 2.23. The molecule has 0 unspecified atom stereocenters. The lowest BCUT2D eigenvalue weighted by molar-refractivity contribution is -0.384. The summed E-state index contributed by atoms with van der Waals surface area (Å²) in [4.78, 5) is 27.0. The number of benzene rings is 1. The van der Waals surface area contributed by atoms with Crippen molar-refractivity contribution in [2.75, 3.05) is 6.61 Å². The van der Waals surface area contributed by atoms with Crippen LogP contribution >= 0.6 is 0 Å². The van der Waals surface area contributed by atoms with Crippen LogP contribution in [0.15, 0.2) is 29.4 Å². The van der Waals surface area contributed by atoms with E-state index in [2.05, 4.69) is 17.4 Å². The third kappa shape index (κ3) is 5.36. The fourth-order valence-electron chi connectivity index (χ4n) is 2.69. The first kappa shape index (κ1) is 16.9. The standard InChI is InChI=1S/C16H21N3O4/c1-12-5-2-3-8-15(12)18-16(20)11-23-17-10-13-6-4-7-14(9-13)19(21)22/h4,6-7,9-10,12,15H,2-3,5,8,11H2,1H3,(H,18,20)/b17-10-/t12-,15+/m1/s1. The summed E-state index contributed by atoms with van der Waals surface area (Å²) in [6, 6.07) is 6.23. The molecule has 1 amide bonds. The number of carbonyl (C=O) groups excluding carboxylic acids is 1. The van der Waals surface area contributed by atoms with Gasteiger partial charge in [-0.3, -0.25) is 14.9 Å². The van der Waals surface area contributed by atoms with Gasteiger partial charge >= 0.3 is 0 Å². The van der Waals surface area contributed by atoms with Crippen molar-refractivity contribution in [3.63, 3.8) is 0 Å². The first-order chi connectivity index (χ1) is 11.1. The molecule has 1 aromatic carbocycles. The Morgan fingerprint density at radius 3 is 3.00 bits per heavy atom. The Labute approximate surface area is 134 Å². The Hall–Kier alpha value is -2.44. The molecule has 1 N–H and O–H groups in total. The number of nitro groups is 1. The first-order valence-electron chi connectivity index (χ1n) is 7.75.